The lowest BCUT2D eigenvalue weighted by Gasteiger charge is -2.54. The van der Waals surface area contributed by atoms with E-state index in [1.54, 1.807) is 35.2 Å². The topological polar surface area (TPSA) is 93.7 Å². The van der Waals surface area contributed by atoms with Gasteiger partial charge in [-0.25, -0.2) is 17.2 Å². The maximum absolute atomic E-state index is 15.0. The molecule has 8 rings (SSSR count). The van der Waals surface area contributed by atoms with Gasteiger partial charge in [0.1, 0.15) is 17.2 Å². The third-order valence-corrected chi connectivity index (χ3v) is 16.9. The average Bonchev–Trinajstić information content (AvgIpc) is 3.64. The van der Waals surface area contributed by atoms with Gasteiger partial charge in [-0.1, -0.05) is 24.6 Å². The number of amides is 1. The highest BCUT2D eigenvalue weighted by molar-refractivity contribution is 7.92. The molecule has 0 radical (unpaired) electrons. The van der Waals surface area contributed by atoms with E-state index in [0.717, 1.165) is 95.7 Å². The van der Waals surface area contributed by atoms with Gasteiger partial charge >= 0.3 is 5.97 Å². The Kier molecular flexibility index (Phi) is 13.1. The fourth-order valence-electron chi connectivity index (χ4n) is 11.3. The summed E-state index contributed by atoms with van der Waals surface area (Å²) in [5, 5.41) is -0.610. The van der Waals surface area contributed by atoms with Crippen LogP contribution >= 0.6 is 0 Å². The first-order valence-corrected chi connectivity index (χ1v) is 23.7. The smallest absolute Gasteiger partial charge is 0.305 e. The Bertz CT molecular complexity index is 1900. The van der Waals surface area contributed by atoms with Gasteiger partial charge in [-0.3, -0.25) is 14.5 Å². The zero-order valence-electron chi connectivity index (χ0n) is 34.7. The fourth-order valence-corrected chi connectivity index (χ4v) is 12.9. The van der Waals surface area contributed by atoms with Crippen molar-refractivity contribution in [1.29, 1.82) is 0 Å². The normalized spacial score (nSPS) is 25.7. The SMILES string of the molecule is COC(=O)C[C@H]1CCC[C@@H]1[C@](CN1CCC1)(c1cccc(F)c1)C1CCN(CC2CN(c3ccc(S(=O)(=O)C4CN(C(=O)/C=C/CN5CCC(F)CC5)C4)cc3)C2)CC1. The van der Waals surface area contributed by atoms with Crippen LogP contribution in [0.5, 0.6) is 0 Å². The molecule has 1 amide bonds. The number of ether oxygens (including phenoxy) is 1. The number of sulfone groups is 1. The molecule has 0 N–H and O–H groups in total. The number of hydrogen-bond donors (Lipinski definition) is 0. The highest BCUT2D eigenvalue weighted by atomic mass is 32.2. The molecule has 0 bridgehead atoms. The van der Waals surface area contributed by atoms with E-state index in [4.69, 9.17) is 4.74 Å². The van der Waals surface area contributed by atoms with Crippen LogP contribution in [-0.2, 0) is 29.6 Å². The van der Waals surface area contributed by atoms with Crippen LogP contribution in [0.4, 0.5) is 14.5 Å². The first kappa shape index (κ1) is 42.3. The molecule has 5 saturated heterocycles. The van der Waals surface area contributed by atoms with E-state index >= 15 is 4.39 Å². The number of carbonyl (C=O) groups excluding carboxylic acids is 2. The molecular weight excluding hydrogens is 773 g/mol. The Balaban J connectivity index is 0.831. The van der Waals surface area contributed by atoms with Gasteiger partial charge in [0, 0.05) is 88.4 Å². The molecular formula is C46H63F2N5O5S. The minimum absolute atomic E-state index is 0.145. The number of carbonyl (C=O) groups is 2. The number of esters is 1. The molecule has 5 aliphatic heterocycles. The Hall–Kier alpha value is -3.39. The maximum atomic E-state index is 15.0. The van der Waals surface area contributed by atoms with Gasteiger partial charge in [-0.2, -0.15) is 0 Å². The summed E-state index contributed by atoms with van der Waals surface area (Å²) in [5.41, 5.74) is 1.91. The third kappa shape index (κ3) is 9.28. The number of rotatable bonds is 15. The van der Waals surface area contributed by atoms with Crippen molar-refractivity contribution in [2.75, 3.05) is 97.1 Å². The number of anilines is 1. The predicted octanol–water partition coefficient (Wildman–Crippen LogP) is 5.57. The largest absolute Gasteiger partial charge is 0.469 e. The van der Waals surface area contributed by atoms with Gasteiger partial charge in [-0.15, -0.1) is 0 Å². The quantitative estimate of drug-likeness (QED) is 0.169. The molecule has 1 aliphatic carbocycles. The molecule has 6 aliphatic rings. The van der Waals surface area contributed by atoms with Crippen molar-refractivity contribution in [1.82, 2.24) is 19.6 Å². The summed E-state index contributed by atoms with van der Waals surface area (Å²) in [7, 11) is -2.08. The first-order valence-electron chi connectivity index (χ1n) is 22.2. The Labute approximate surface area is 349 Å². The number of hydrogen-bond acceptors (Lipinski definition) is 9. The minimum Gasteiger partial charge on any atom is -0.469 e. The van der Waals surface area contributed by atoms with Crippen LogP contribution < -0.4 is 4.90 Å². The summed E-state index contributed by atoms with van der Waals surface area (Å²) in [5.74, 6) is 0.932. The second-order valence-electron chi connectivity index (χ2n) is 18.4. The number of methoxy groups -OCH3 is 1. The number of nitrogens with zero attached hydrogens (tertiary/aromatic N) is 5. The van der Waals surface area contributed by atoms with E-state index in [0.29, 0.717) is 61.5 Å². The maximum Gasteiger partial charge on any atom is 0.305 e. The van der Waals surface area contributed by atoms with Crippen LogP contribution in [0.1, 0.15) is 63.4 Å². The van der Waals surface area contributed by atoms with E-state index in [2.05, 4.69) is 25.7 Å². The standard InChI is InChI=1S/C46H63F2N5O5S/c1-58-45(55)26-35-6-2-9-43(35)46(33-51-20-5-21-51,37-7-3-8-39(48)27-37)36-15-22-50(23-16-36)28-34-29-52(30-34)40-11-13-41(14-12-40)59(56,57)42-31-53(32-42)44(54)10-4-19-49-24-17-38(47)18-25-49/h3-4,7-8,10-14,27,34-36,38,42-43H,2,5-6,9,15-26,28-33H2,1H3/b10-4+/t35-,43+,46+/m1/s1. The van der Waals surface area contributed by atoms with E-state index < -0.39 is 21.3 Å². The second-order valence-corrected chi connectivity index (χ2v) is 20.6. The van der Waals surface area contributed by atoms with Crippen molar-refractivity contribution in [2.24, 2.45) is 23.7 Å². The summed E-state index contributed by atoms with van der Waals surface area (Å²) >= 11 is 0. The van der Waals surface area contributed by atoms with Crippen molar-refractivity contribution in [2.45, 2.75) is 79.5 Å². The summed E-state index contributed by atoms with van der Waals surface area (Å²) in [6, 6.07) is 14.6. The van der Waals surface area contributed by atoms with Crippen molar-refractivity contribution in [3.63, 3.8) is 0 Å². The van der Waals surface area contributed by atoms with Crippen LogP contribution in [0.15, 0.2) is 65.6 Å². The van der Waals surface area contributed by atoms with Gasteiger partial charge in [0.2, 0.25) is 5.91 Å². The summed E-state index contributed by atoms with van der Waals surface area (Å²) in [6.07, 6.45) is 10.5. The van der Waals surface area contributed by atoms with Crippen molar-refractivity contribution < 1.29 is 31.5 Å². The highest BCUT2D eigenvalue weighted by Crippen LogP contribution is 2.54. The molecule has 0 unspecified atom stereocenters. The van der Waals surface area contributed by atoms with Crippen LogP contribution in [-0.4, -0.2) is 144 Å². The summed E-state index contributed by atoms with van der Waals surface area (Å²) in [6.45, 7) is 10.3. The van der Waals surface area contributed by atoms with Crippen LogP contribution in [0.2, 0.25) is 0 Å². The zero-order valence-corrected chi connectivity index (χ0v) is 35.6. The number of benzene rings is 2. The number of halogens is 2. The molecule has 10 nitrogen and oxygen atoms in total. The monoisotopic (exact) mass is 835 g/mol. The molecule has 13 heteroatoms. The Morgan fingerprint density at radius 2 is 1.56 bits per heavy atom. The van der Waals surface area contributed by atoms with E-state index in [1.165, 1.54) is 19.6 Å². The van der Waals surface area contributed by atoms with E-state index in [-0.39, 0.29) is 42.1 Å². The number of likely N-dealkylation sites (tertiary alicyclic amines) is 4. The van der Waals surface area contributed by atoms with Gasteiger partial charge in [0.25, 0.3) is 0 Å². The summed E-state index contributed by atoms with van der Waals surface area (Å²) in [4.78, 5) is 36.7. The minimum atomic E-state index is -3.56. The molecule has 322 valence electrons. The molecule has 59 heavy (non-hydrogen) atoms. The molecule has 3 atom stereocenters. The van der Waals surface area contributed by atoms with Crippen LogP contribution in [0.25, 0.3) is 0 Å². The van der Waals surface area contributed by atoms with Gasteiger partial charge < -0.3 is 24.3 Å². The lowest BCUT2D eigenvalue weighted by molar-refractivity contribution is -0.142. The van der Waals surface area contributed by atoms with E-state index in [9.17, 15) is 22.4 Å². The third-order valence-electron chi connectivity index (χ3n) is 14.8. The predicted molar refractivity (Wildman–Crippen MR) is 225 cm³/mol. The average molecular weight is 836 g/mol. The molecule has 0 aromatic heterocycles. The first-order chi connectivity index (χ1) is 28.5. The number of piperidine rings is 2. The lowest BCUT2D eigenvalue weighted by Crippen LogP contribution is -2.58. The molecule has 6 fully saturated rings. The molecule has 2 aromatic rings. The lowest BCUT2D eigenvalue weighted by atomic mass is 9.56. The van der Waals surface area contributed by atoms with E-state index in [1.807, 2.05) is 18.2 Å². The Morgan fingerprint density at radius 1 is 0.847 bits per heavy atom. The highest BCUT2D eigenvalue weighted by Gasteiger charge is 2.53. The Morgan fingerprint density at radius 3 is 2.22 bits per heavy atom. The fraction of sp³-hybridized carbons (Fsp3) is 0.652. The molecule has 1 saturated carbocycles. The molecule has 2 aromatic carbocycles. The number of alkyl halides is 1. The van der Waals surface area contributed by atoms with Crippen molar-refractivity contribution in [3.8, 4) is 0 Å². The van der Waals surface area contributed by atoms with Crippen LogP contribution in [0.3, 0.4) is 0 Å². The van der Waals surface area contributed by atoms with Gasteiger partial charge in [-0.05, 0) is 131 Å². The van der Waals surface area contributed by atoms with Crippen LogP contribution in [0, 0.1) is 29.5 Å². The molecule has 5 heterocycles. The summed E-state index contributed by atoms with van der Waals surface area (Å²) < 4.78 is 60.4. The van der Waals surface area contributed by atoms with Gasteiger partial charge in [0.05, 0.1) is 12.0 Å². The van der Waals surface area contributed by atoms with Gasteiger partial charge in [0.15, 0.2) is 9.84 Å². The second kappa shape index (κ2) is 18.3. The van der Waals surface area contributed by atoms with Crippen molar-refractivity contribution >= 4 is 27.4 Å². The zero-order chi connectivity index (χ0) is 41.1. The van der Waals surface area contributed by atoms with Crippen molar-refractivity contribution in [3.05, 3.63) is 72.1 Å². The molecule has 0 spiro atoms.